The summed E-state index contributed by atoms with van der Waals surface area (Å²) >= 11 is 7.33. The van der Waals surface area contributed by atoms with Crippen LogP contribution in [0.3, 0.4) is 0 Å². The highest BCUT2D eigenvalue weighted by Crippen LogP contribution is 2.33. The molecule has 3 rings (SSSR count). The second-order valence-electron chi connectivity index (χ2n) is 5.56. The van der Waals surface area contributed by atoms with Crippen LogP contribution >= 0.6 is 22.9 Å². The Morgan fingerprint density at radius 3 is 3.00 bits per heavy atom. The molecule has 1 aromatic heterocycles. The third kappa shape index (κ3) is 3.49. The van der Waals surface area contributed by atoms with Crippen molar-refractivity contribution in [3.05, 3.63) is 39.4 Å². The topological polar surface area (TPSA) is 51.7 Å². The van der Waals surface area contributed by atoms with Gasteiger partial charge in [0.25, 0.3) is 0 Å². The Hall–Kier alpha value is -1.79. The summed E-state index contributed by atoms with van der Waals surface area (Å²) in [5, 5.41) is 0.952. The van der Waals surface area contributed by atoms with Gasteiger partial charge in [-0.2, -0.15) is 0 Å². The molecule has 0 radical (unpaired) electrons. The molecule has 1 aliphatic heterocycles. The lowest BCUT2D eigenvalue weighted by Gasteiger charge is -2.28. The zero-order valence-electron chi connectivity index (χ0n) is 13.7. The maximum atomic E-state index is 11.7. The molecule has 1 aromatic carbocycles. The van der Waals surface area contributed by atoms with E-state index < -0.39 is 5.97 Å². The fourth-order valence-corrected chi connectivity index (χ4v) is 3.87. The van der Waals surface area contributed by atoms with E-state index in [4.69, 9.17) is 21.1 Å². The molecule has 0 saturated carbocycles. The highest BCUT2D eigenvalue weighted by Gasteiger charge is 2.23. The molecule has 0 unspecified atom stereocenters. The monoisotopic (exact) mass is 366 g/mol. The molecule has 0 N–H and O–H groups in total. The molecule has 7 heteroatoms. The summed E-state index contributed by atoms with van der Waals surface area (Å²) in [4.78, 5) is 18.5. The molecule has 2 aromatic rings. The number of benzene rings is 1. The largest absolute Gasteiger partial charge is 0.494 e. The first-order valence-electron chi connectivity index (χ1n) is 7.86. The van der Waals surface area contributed by atoms with E-state index in [9.17, 15) is 4.79 Å². The van der Waals surface area contributed by atoms with Gasteiger partial charge in [0.1, 0.15) is 5.75 Å². The average Bonchev–Trinajstić information content (AvgIpc) is 3.00. The van der Waals surface area contributed by atoms with E-state index in [0.717, 1.165) is 43.4 Å². The molecule has 128 valence electrons. The highest BCUT2D eigenvalue weighted by atomic mass is 35.5. The molecule has 1 aliphatic rings. The quantitative estimate of drug-likeness (QED) is 0.750. The van der Waals surface area contributed by atoms with E-state index >= 15 is 0 Å². The summed E-state index contributed by atoms with van der Waals surface area (Å²) < 4.78 is 10.4. The first-order valence-corrected chi connectivity index (χ1v) is 9.06. The van der Waals surface area contributed by atoms with E-state index in [1.54, 1.807) is 0 Å². The maximum absolute atomic E-state index is 11.7. The van der Waals surface area contributed by atoms with Gasteiger partial charge < -0.3 is 14.4 Å². The number of anilines is 1. The van der Waals surface area contributed by atoms with Gasteiger partial charge >= 0.3 is 5.97 Å². The maximum Gasteiger partial charge on any atom is 0.351 e. The van der Waals surface area contributed by atoms with Crippen molar-refractivity contribution in [1.29, 1.82) is 0 Å². The molecule has 0 atom stereocenters. The summed E-state index contributed by atoms with van der Waals surface area (Å²) in [7, 11) is 1.34. The van der Waals surface area contributed by atoms with Crippen LogP contribution in [0, 0.1) is 0 Å². The van der Waals surface area contributed by atoms with Gasteiger partial charge in [0.05, 0.1) is 13.7 Å². The van der Waals surface area contributed by atoms with Gasteiger partial charge in [0.2, 0.25) is 0 Å². The lowest BCUT2D eigenvalue weighted by atomic mass is 10.00. The van der Waals surface area contributed by atoms with Crippen molar-refractivity contribution in [1.82, 2.24) is 4.98 Å². The number of carbonyl (C=O) groups is 1. The average molecular weight is 367 g/mol. The van der Waals surface area contributed by atoms with Crippen molar-refractivity contribution in [2.24, 2.45) is 0 Å². The van der Waals surface area contributed by atoms with Crippen LogP contribution in [0.25, 0.3) is 0 Å². The molecule has 2 heterocycles. The molecule has 24 heavy (non-hydrogen) atoms. The van der Waals surface area contributed by atoms with Crippen LogP contribution in [0.2, 0.25) is 5.15 Å². The minimum Gasteiger partial charge on any atom is -0.494 e. The summed E-state index contributed by atoms with van der Waals surface area (Å²) in [5.74, 6) is 0.480. The van der Waals surface area contributed by atoms with E-state index in [1.807, 2.05) is 6.07 Å². The van der Waals surface area contributed by atoms with Gasteiger partial charge in [-0.05, 0) is 36.1 Å². The van der Waals surface area contributed by atoms with Crippen LogP contribution in [0.1, 0.15) is 34.1 Å². The highest BCUT2D eigenvalue weighted by molar-refractivity contribution is 7.18. The van der Waals surface area contributed by atoms with Gasteiger partial charge in [-0.25, -0.2) is 9.78 Å². The van der Waals surface area contributed by atoms with Crippen molar-refractivity contribution in [3.8, 4) is 5.75 Å². The fourth-order valence-electron chi connectivity index (χ4n) is 2.65. The number of hydrogen-bond donors (Lipinski definition) is 0. The van der Waals surface area contributed by atoms with Crippen LogP contribution in [0.5, 0.6) is 5.75 Å². The number of fused-ring (bicyclic) bond motifs is 1. The number of hydrogen-bond acceptors (Lipinski definition) is 6. The minimum atomic E-state index is -0.445. The third-order valence-corrected chi connectivity index (χ3v) is 5.36. The van der Waals surface area contributed by atoms with Crippen molar-refractivity contribution < 1.29 is 14.3 Å². The van der Waals surface area contributed by atoms with Crippen molar-refractivity contribution in [2.45, 2.75) is 26.3 Å². The number of rotatable bonds is 5. The Morgan fingerprint density at radius 2 is 2.25 bits per heavy atom. The molecule has 0 spiro atoms. The summed E-state index contributed by atoms with van der Waals surface area (Å²) in [5.41, 5.74) is 2.55. The van der Waals surface area contributed by atoms with E-state index in [1.165, 1.54) is 29.6 Å². The Labute approximate surface area is 150 Å². The number of aromatic nitrogens is 1. The van der Waals surface area contributed by atoms with Crippen LogP contribution in [-0.2, 0) is 17.7 Å². The first-order chi connectivity index (χ1) is 11.6. The number of thiazole rings is 1. The Morgan fingerprint density at radius 1 is 1.42 bits per heavy atom. The number of esters is 1. The predicted molar refractivity (Wildman–Crippen MR) is 95.4 cm³/mol. The molecule has 0 fully saturated rings. The normalized spacial score (nSPS) is 13.5. The van der Waals surface area contributed by atoms with E-state index in [0.29, 0.717) is 4.88 Å². The molecular weight excluding hydrogens is 348 g/mol. The smallest absolute Gasteiger partial charge is 0.351 e. The number of methoxy groups -OCH3 is 1. The molecule has 0 bridgehead atoms. The van der Waals surface area contributed by atoms with Gasteiger partial charge in [0, 0.05) is 13.1 Å². The Balaban J connectivity index is 1.77. The van der Waals surface area contributed by atoms with Crippen molar-refractivity contribution in [3.63, 3.8) is 0 Å². The summed E-state index contributed by atoms with van der Waals surface area (Å²) in [6, 6.07) is 6.23. The molecule has 5 nitrogen and oxygen atoms in total. The van der Waals surface area contributed by atoms with Gasteiger partial charge in [0.15, 0.2) is 15.2 Å². The SMILES string of the molecule is CCCOc1ccc2c(c1)CCN(c1nc(Cl)c(C(=O)OC)s1)C2. The van der Waals surface area contributed by atoms with Gasteiger partial charge in [-0.3, -0.25) is 0 Å². The van der Waals surface area contributed by atoms with Crippen LogP contribution in [0.4, 0.5) is 5.13 Å². The van der Waals surface area contributed by atoms with Gasteiger partial charge in [-0.15, -0.1) is 0 Å². The number of carbonyl (C=O) groups excluding carboxylic acids is 1. The van der Waals surface area contributed by atoms with E-state index in [-0.39, 0.29) is 5.15 Å². The number of ether oxygens (including phenoxy) is 2. The molecular formula is C17H19ClN2O3S. The zero-order valence-corrected chi connectivity index (χ0v) is 15.2. The second kappa shape index (κ2) is 7.40. The lowest BCUT2D eigenvalue weighted by Crippen LogP contribution is -2.30. The van der Waals surface area contributed by atoms with Crippen LogP contribution in [-0.4, -0.2) is 31.2 Å². The molecule has 0 aliphatic carbocycles. The van der Waals surface area contributed by atoms with Crippen molar-refractivity contribution in [2.75, 3.05) is 25.2 Å². The fraction of sp³-hybridized carbons (Fsp3) is 0.412. The summed E-state index contributed by atoms with van der Waals surface area (Å²) in [6.07, 6.45) is 1.90. The van der Waals surface area contributed by atoms with E-state index in [2.05, 4.69) is 28.9 Å². The van der Waals surface area contributed by atoms with Crippen LogP contribution < -0.4 is 9.64 Å². The molecule has 0 amide bonds. The standard InChI is InChI=1S/C17H19ClN2O3S/c1-3-8-23-13-5-4-12-10-20(7-6-11(12)9-13)17-19-15(18)14(24-17)16(21)22-2/h4-5,9H,3,6-8,10H2,1-2H3. The number of halogens is 1. The third-order valence-electron chi connectivity index (χ3n) is 3.88. The zero-order chi connectivity index (χ0) is 17.1. The summed E-state index contributed by atoms with van der Waals surface area (Å²) in [6.45, 7) is 4.40. The van der Waals surface area contributed by atoms with Crippen LogP contribution in [0.15, 0.2) is 18.2 Å². The van der Waals surface area contributed by atoms with Gasteiger partial charge in [-0.1, -0.05) is 35.9 Å². The minimum absolute atomic E-state index is 0.205. The lowest BCUT2D eigenvalue weighted by molar-refractivity contribution is 0.0606. The Kier molecular flexibility index (Phi) is 5.26. The second-order valence-corrected chi connectivity index (χ2v) is 6.89. The Bertz CT molecular complexity index is 747. The van der Waals surface area contributed by atoms with Crippen molar-refractivity contribution >= 4 is 34.0 Å². The molecule has 0 saturated heterocycles. The first kappa shape index (κ1) is 17.0. The predicted octanol–water partition coefficient (Wildman–Crippen LogP) is 3.93. The number of nitrogens with zero attached hydrogens (tertiary/aromatic N) is 2.